The number of carbonyl (C=O) groups excluding carboxylic acids is 2. The second kappa shape index (κ2) is 5.74. The second-order valence-corrected chi connectivity index (χ2v) is 7.08. The van der Waals surface area contributed by atoms with Gasteiger partial charge in [-0.3, -0.25) is 9.59 Å². The van der Waals surface area contributed by atoms with Crippen molar-refractivity contribution >= 4 is 17.5 Å². The van der Waals surface area contributed by atoms with Crippen LogP contribution >= 0.6 is 0 Å². The van der Waals surface area contributed by atoms with Gasteiger partial charge in [0, 0.05) is 17.8 Å². The maximum absolute atomic E-state index is 12.9. The van der Waals surface area contributed by atoms with E-state index < -0.39 is 0 Å². The Balaban J connectivity index is 1.50. The summed E-state index contributed by atoms with van der Waals surface area (Å²) in [6.07, 6.45) is 4.52. The molecule has 2 heterocycles. The summed E-state index contributed by atoms with van der Waals surface area (Å²) in [6, 6.07) is 7.07. The molecule has 3 atom stereocenters. The molecule has 2 aliphatic heterocycles. The van der Waals surface area contributed by atoms with Gasteiger partial charge in [0.05, 0.1) is 18.8 Å². The predicted molar refractivity (Wildman–Crippen MR) is 90.7 cm³/mol. The fourth-order valence-corrected chi connectivity index (χ4v) is 4.21. The molecule has 3 fully saturated rings. The standard InChI is InChI=1S/C19H22N2O3/c1-2-17(22)20-15-6-3-5-13(9-15)18(23)21-8-4-7-19(12-21)16-10-14(16)11-24-19/h2-3,5-6,9,14,16H,1,4,7-8,10-12H2,(H,20,22)/t14-,16-,19?/m0/s1. The average molecular weight is 326 g/mol. The number of piperidine rings is 1. The van der Waals surface area contributed by atoms with E-state index in [2.05, 4.69) is 11.9 Å². The van der Waals surface area contributed by atoms with Crippen LogP contribution in [0.15, 0.2) is 36.9 Å². The first kappa shape index (κ1) is 15.4. The molecule has 24 heavy (non-hydrogen) atoms. The number of hydrogen-bond donors (Lipinski definition) is 1. The number of carbonyl (C=O) groups is 2. The number of ether oxygens (including phenoxy) is 1. The molecule has 1 aromatic carbocycles. The van der Waals surface area contributed by atoms with Gasteiger partial charge in [0.1, 0.15) is 0 Å². The van der Waals surface area contributed by atoms with Crippen LogP contribution in [0.1, 0.15) is 29.6 Å². The van der Waals surface area contributed by atoms with Gasteiger partial charge in [-0.1, -0.05) is 12.6 Å². The maximum atomic E-state index is 12.9. The first-order valence-corrected chi connectivity index (χ1v) is 8.58. The fraction of sp³-hybridized carbons (Fsp3) is 0.474. The highest BCUT2D eigenvalue weighted by Gasteiger charge is 2.60. The van der Waals surface area contributed by atoms with Gasteiger partial charge in [0.2, 0.25) is 5.91 Å². The molecule has 1 N–H and O–H groups in total. The van der Waals surface area contributed by atoms with Gasteiger partial charge in [-0.25, -0.2) is 0 Å². The van der Waals surface area contributed by atoms with Crippen LogP contribution in [-0.2, 0) is 9.53 Å². The minimum absolute atomic E-state index is 0.0106. The summed E-state index contributed by atoms with van der Waals surface area (Å²) in [4.78, 5) is 26.3. The smallest absolute Gasteiger partial charge is 0.254 e. The summed E-state index contributed by atoms with van der Waals surface area (Å²) < 4.78 is 6.09. The van der Waals surface area contributed by atoms with Crippen molar-refractivity contribution in [3.8, 4) is 0 Å². The number of amides is 2. The molecule has 1 aromatic rings. The van der Waals surface area contributed by atoms with Gasteiger partial charge < -0.3 is 15.0 Å². The van der Waals surface area contributed by atoms with Gasteiger partial charge in [0.15, 0.2) is 0 Å². The number of anilines is 1. The van der Waals surface area contributed by atoms with Crippen LogP contribution in [0.5, 0.6) is 0 Å². The molecule has 1 spiro atoms. The van der Waals surface area contributed by atoms with Gasteiger partial charge in [-0.2, -0.15) is 0 Å². The van der Waals surface area contributed by atoms with Crippen molar-refractivity contribution < 1.29 is 14.3 Å². The van der Waals surface area contributed by atoms with E-state index in [-0.39, 0.29) is 17.4 Å². The molecule has 2 amide bonds. The number of nitrogens with zero attached hydrogens (tertiary/aromatic N) is 1. The molecule has 0 radical (unpaired) electrons. The monoisotopic (exact) mass is 326 g/mol. The van der Waals surface area contributed by atoms with Crippen LogP contribution in [-0.4, -0.2) is 42.0 Å². The Kier molecular flexibility index (Phi) is 3.68. The van der Waals surface area contributed by atoms with Gasteiger partial charge in [0.25, 0.3) is 5.91 Å². The van der Waals surface area contributed by atoms with E-state index >= 15 is 0 Å². The third kappa shape index (κ3) is 2.63. The van der Waals surface area contributed by atoms with Crippen LogP contribution in [0, 0.1) is 11.8 Å². The Hall–Kier alpha value is -2.14. The number of fused-ring (bicyclic) bond motifs is 2. The molecule has 1 saturated carbocycles. The molecular weight excluding hydrogens is 304 g/mol. The van der Waals surface area contributed by atoms with Crippen molar-refractivity contribution in [1.82, 2.24) is 4.90 Å². The van der Waals surface area contributed by atoms with E-state index in [1.165, 1.54) is 12.5 Å². The molecule has 5 nitrogen and oxygen atoms in total. The van der Waals surface area contributed by atoms with Crippen LogP contribution in [0.2, 0.25) is 0 Å². The van der Waals surface area contributed by atoms with Gasteiger partial charge in [-0.05, 0) is 55.4 Å². The normalized spacial score (nSPS) is 30.8. The third-order valence-electron chi connectivity index (χ3n) is 5.52. The highest BCUT2D eigenvalue weighted by atomic mass is 16.5. The number of hydrogen-bond acceptors (Lipinski definition) is 3. The summed E-state index contributed by atoms with van der Waals surface area (Å²) in [5, 5.41) is 2.70. The first-order chi connectivity index (χ1) is 11.6. The quantitative estimate of drug-likeness (QED) is 0.868. The lowest BCUT2D eigenvalue weighted by Gasteiger charge is -2.41. The minimum atomic E-state index is -0.282. The highest BCUT2D eigenvalue weighted by Crippen LogP contribution is 2.57. The summed E-state index contributed by atoms with van der Waals surface area (Å²) in [7, 11) is 0. The Morgan fingerprint density at radius 2 is 2.29 bits per heavy atom. The Morgan fingerprint density at radius 1 is 1.42 bits per heavy atom. The van der Waals surface area contributed by atoms with Crippen molar-refractivity contribution in [2.24, 2.45) is 11.8 Å². The number of rotatable bonds is 3. The van der Waals surface area contributed by atoms with Crippen LogP contribution in [0.4, 0.5) is 5.69 Å². The zero-order valence-electron chi connectivity index (χ0n) is 13.7. The Bertz CT molecular complexity index is 702. The Morgan fingerprint density at radius 3 is 3.00 bits per heavy atom. The molecule has 1 unspecified atom stereocenters. The predicted octanol–water partition coefficient (Wildman–Crippen LogP) is 2.45. The van der Waals surface area contributed by atoms with Crippen molar-refractivity contribution in [1.29, 1.82) is 0 Å². The van der Waals surface area contributed by atoms with Crippen LogP contribution < -0.4 is 5.32 Å². The summed E-state index contributed by atoms with van der Waals surface area (Å²) in [5.41, 5.74) is 1.10. The van der Waals surface area contributed by atoms with E-state index in [1.807, 2.05) is 4.90 Å². The van der Waals surface area contributed by atoms with E-state index in [9.17, 15) is 9.59 Å². The molecule has 126 valence electrons. The summed E-state index contributed by atoms with van der Waals surface area (Å²) in [6.45, 7) is 5.75. The van der Waals surface area contributed by atoms with Gasteiger partial charge >= 0.3 is 0 Å². The topological polar surface area (TPSA) is 58.6 Å². The lowest BCUT2D eigenvalue weighted by atomic mass is 9.87. The van der Waals surface area contributed by atoms with Crippen LogP contribution in [0.3, 0.4) is 0 Å². The fourth-order valence-electron chi connectivity index (χ4n) is 4.21. The lowest BCUT2D eigenvalue weighted by Crippen LogP contribution is -2.51. The van der Waals surface area contributed by atoms with E-state index in [4.69, 9.17) is 4.74 Å². The summed E-state index contributed by atoms with van der Waals surface area (Å²) in [5.74, 6) is 1.09. The van der Waals surface area contributed by atoms with E-state index in [0.717, 1.165) is 31.9 Å². The minimum Gasteiger partial charge on any atom is -0.373 e. The van der Waals surface area contributed by atoms with E-state index in [0.29, 0.717) is 23.7 Å². The van der Waals surface area contributed by atoms with Crippen molar-refractivity contribution in [2.75, 3.05) is 25.0 Å². The summed E-state index contributed by atoms with van der Waals surface area (Å²) >= 11 is 0. The largest absolute Gasteiger partial charge is 0.373 e. The zero-order valence-corrected chi connectivity index (χ0v) is 13.7. The SMILES string of the molecule is C=CC(=O)Nc1cccc(C(=O)N2CCCC3(C2)OC[C@@H]2C[C@@H]23)c1. The second-order valence-electron chi connectivity index (χ2n) is 7.08. The molecule has 3 aliphatic rings. The zero-order chi connectivity index (χ0) is 16.7. The molecular formula is C19H22N2O3. The third-order valence-corrected chi connectivity index (χ3v) is 5.52. The highest BCUT2D eigenvalue weighted by molar-refractivity contribution is 6.00. The van der Waals surface area contributed by atoms with Crippen LogP contribution in [0.25, 0.3) is 0 Å². The number of likely N-dealkylation sites (tertiary alicyclic amines) is 1. The van der Waals surface area contributed by atoms with E-state index in [1.54, 1.807) is 24.3 Å². The molecule has 0 aromatic heterocycles. The molecule has 2 saturated heterocycles. The maximum Gasteiger partial charge on any atom is 0.254 e. The lowest BCUT2D eigenvalue weighted by molar-refractivity contribution is -0.111. The number of benzene rings is 1. The van der Waals surface area contributed by atoms with Crippen molar-refractivity contribution in [3.63, 3.8) is 0 Å². The molecule has 5 heteroatoms. The molecule has 4 rings (SSSR count). The molecule has 1 aliphatic carbocycles. The molecule has 0 bridgehead atoms. The van der Waals surface area contributed by atoms with Crippen molar-refractivity contribution in [2.45, 2.75) is 24.9 Å². The van der Waals surface area contributed by atoms with Crippen molar-refractivity contribution in [3.05, 3.63) is 42.5 Å². The first-order valence-electron chi connectivity index (χ1n) is 8.58. The average Bonchev–Trinajstić information content (AvgIpc) is 3.34. The number of nitrogens with one attached hydrogen (secondary N) is 1. The van der Waals surface area contributed by atoms with Gasteiger partial charge in [-0.15, -0.1) is 0 Å². The Labute approximate surface area is 141 Å².